The van der Waals surface area contributed by atoms with E-state index in [4.69, 9.17) is 0 Å². The summed E-state index contributed by atoms with van der Waals surface area (Å²) in [6.45, 7) is 2.88. The summed E-state index contributed by atoms with van der Waals surface area (Å²) >= 11 is 1.23. The van der Waals surface area contributed by atoms with E-state index in [0.717, 1.165) is 4.70 Å². The first-order chi connectivity index (χ1) is 17.2. The Bertz CT molecular complexity index is 1510. The van der Waals surface area contributed by atoms with E-state index < -0.39 is 22.7 Å². The summed E-state index contributed by atoms with van der Waals surface area (Å²) in [5.41, 5.74) is 2.24. The zero-order chi connectivity index (χ0) is 26.0. The number of esters is 1. The summed E-state index contributed by atoms with van der Waals surface area (Å²) in [7, 11) is 1.28. The second-order valence-electron chi connectivity index (χ2n) is 7.71. The lowest BCUT2D eigenvalue weighted by molar-refractivity contribution is -0.386. The van der Waals surface area contributed by atoms with E-state index in [-0.39, 0.29) is 17.9 Å². The van der Waals surface area contributed by atoms with Crippen LogP contribution in [0.25, 0.3) is 10.2 Å². The van der Waals surface area contributed by atoms with Crippen LogP contribution in [0.3, 0.4) is 0 Å². The molecular weight excluding hydrogens is 488 g/mol. The molecule has 0 aliphatic carbocycles. The number of nitrogens with zero attached hydrogens (tertiary/aromatic N) is 4. The van der Waals surface area contributed by atoms with E-state index in [9.17, 15) is 24.5 Å². The molecule has 4 aromatic rings. The molecule has 184 valence electrons. The molecule has 0 saturated carbocycles. The maximum Gasteiger partial charge on any atom is 0.337 e. The Hall–Kier alpha value is -4.65. The minimum Gasteiger partial charge on any atom is -0.465 e. The Kier molecular flexibility index (Phi) is 6.74. The van der Waals surface area contributed by atoms with Crippen LogP contribution in [0.2, 0.25) is 0 Å². The molecule has 12 nitrogen and oxygen atoms in total. The standard InChI is InChI=1S/C23H20N6O6S/c1-12-20(29(33)34)13(2)28(27-12)11-19(30)24-16-8-9-17-18(10-16)36-23(25-17)26-21(31)14-4-6-15(7-5-14)22(32)35-3/h4-10H,11H2,1-3H3,(H,24,30)(H,25,26,31). The van der Waals surface area contributed by atoms with Crippen molar-refractivity contribution < 1.29 is 24.0 Å². The number of rotatable bonds is 7. The Morgan fingerprint density at radius 1 is 1.08 bits per heavy atom. The second-order valence-corrected chi connectivity index (χ2v) is 8.74. The van der Waals surface area contributed by atoms with Gasteiger partial charge >= 0.3 is 11.7 Å². The number of carbonyl (C=O) groups is 3. The molecule has 0 bridgehead atoms. The molecule has 4 rings (SSSR count). The van der Waals surface area contributed by atoms with Crippen molar-refractivity contribution in [1.29, 1.82) is 0 Å². The molecule has 2 heterocycles. The van der Waals surface area contributed by atoms with Gasteiger partial charge in [0.25, 0.3) is 5.91 Å². The number of amides is 2. The molecule has 0 aliphatic heterocycles. The number of aromatic nitrogens is 3. The lowest BCUT2D eigenvalue weighted by Crippen LogP contribution is -2.20. The van der Waals surface area contributed by atoms with Crippen LogP contribution in [0.1, 0.15) is 32.1 Å². The third kappa shape index (κ3) is 5.05. The zero-order valence-corrected chi connectivity index (χ0v) is 20.2. The summed E-state index contributed by atoms with van der Waals surface area (Å²) in [6.07, 6.45) is 0. The fourth-order valence-electron chi connectivity index (χ4n) is 3.54. The topological polar surface area (TPSA) is 158 Å². The molecule has 0 saturated heterocycles. The summed E-state index contributed by atoms with van der Waals surface area (Å²) in [5.74, 6) is -1.28. The number of thiazole rings is 1. The monoisotopic (exact) mass is 508 g/mol. The van der Waals surface area contributed by atoms with Crippen molar-refractivity contribution >= 4 is 55.8 Å². The second kappa shape index (κ2) is 9.92. The molecular formula is C23H20N6O6S. The maximum absolute atomic E-state index is 12.6. The molecule has 0 aliphatic rings. The van der Waals surface area contributed by atoms with Gasteiger partial charge in [-0.1, -0.05) is 11.3 Å². The highest BCUT2D eigenvalue weighted by Crippen LogP contribution is 2.29. The van der Waals surface area contributed by atoms with Gasteiger partial charge < -0.3 is 10.1 Å². The molecule has 2 aromatic carbocycles. The average molecular weight is 509 g/mol. The maximum atomic E-state index is 12.6. The third-order valence-corrected chi connectivity index (χ3v) is 6.21. The number of nitro groups is 1. The highest BCUT2D eigenvalue weighted by Gasteiger charge is 2.23. The smallest absolute Gasteiger partial charge is 0.337 e. The molecule has 0 unspecified atom stereocenters. The summed E-state index contributed by atoms with van der Waals surface area (Å²) in [6, 6.07) is 11.1. The number of methoxy groups -OCH3 is 1. The number of anilines is 2. The fourth-order valence-corrected chi connectivity index (χ4v) is 4.44. The van der Waals surface area contributed by atoms with E-state index in [0.29, 0.717) is 33.2 Å². The summed E-state index contributed by atoms with van der Waals surface area (Å²) < 4.78 is 6.66. The molecule has 13 heteroatoms. The van der Waals surface area contributed by atoms with E-state index in [2.05, 4.69) is 25.5 Å². The van der Waals surface area contributed by atoms with Crippen LogP contribution < -0.4 is 10.6 Å². The van der Waals surface area contributed by atoms with Gasteiger partial charge in [0.05, 0.1) is 27.8 Å². The lowest BCUT2D eigenvalue weighted by atomic mass is 10.1. The van der Waals surface area contributed by atoms with Crippen molar-refractivity contribution in [2.75, 3.05) is 17.7 Å². The van der Waals surface area contributed by atoms with Crippen LogP contribution >= 0.6 is 11.3 Å². The summed E-state index contributed by atoms with van der Waals surface area (Å²) in [4.78, 5) is 51.6. The van der Waals surface area contributed by atoms with Gasteiger partial charge in [-0.05, 0) is 56.3 Å². The van der Waals surface area contributed by atoms with Gasteiger partial charge in [0, 0.05) is 11.3 Å². The number of ether oxygens (including phenoxy) is 1. The van der Waals surface area contributed by atoms with Crippen LogP contribution in [0.5, 0.6) is 0 Å². The summed E-state index contributed by atoms with van der Waals surface area (Å²) in [5, 5.41) is 21.1. The van der Waals surface area contributed by atoms with Gasteiger partial charge in [-0.2, -0.15) is 5.10 Å². The predicted octanol–water partition coefficient (Wildman–Crippen LogP) is 3.70. The van der Waals surface area contributed by atoms with Crippen LogP contribution in [-0.2, 0) is 16.1 Å². The van der Waals surface area contributed by atoms with E-state index in [1.165, 1.54) is 61.2 Å². The molecule has 2 amide bonds. The molecule has 36 heavy (non-hydrogen) atoms. The van der Waals surface area contributed by atoms with Crippen molar-refractivity contribution in [3.8, 4) is 0 Å². The van der Waals surface area contributed by atoms with Crippen molar-refractivity contribution in [1.82, 2.24) is 14.8 Å². The Balaban J connectivity index is 1.43. The minimum absolute atomic E-state index is 0.108. The molecule has 0 radical (unpaired) electrons. The Morgan fingerprint density at radius 2 is 1.78 bits per heavy atom. The van der Waals surface area contributed by atoms with Gasteiger partial charge in [-0.15, -0.1) is 0 Å². The number of nitrogens with one attached hydrogen (secondary N) is 2. The van der Waals surface area contributed by atoms with Gasteiger partial charge in [0.2, 0.25) is 5.91 Å². The average Bonchev–Trinajstić information content (AvgIpc) is 3.36. The number of hydrogen-bond acceptors (Lipinski definition) is 9. The minimum atomic E-state index is -0.516. The number of hydrogen-bond donors (Lipinski definition) is 2. The van der Waals surface area contributed by atoms with Gasteiger partial charge in [0.15, 0.2) is 5.13 Å². The number of benzene rings is 2. The fraction of sp³-hybridized carbons (Fsp3) is 0.174. The quantitative estimate of drug-likeness (QED) is 0.217. The van der Waals surface area contributed by atoms with Gasteiger partial charge in [0.1, 0.15) is 17.9 Å². The Labute approximate surface area is 208 Å². The first-order valence-electron chi connectivity index (χ1n) is 10.5. The molecule has 0 fully saturated rings. The third-order valence-electron chi connectivity index (χ3n) is 5.28. The van der Waals surface area contributed by atoms with E-state index in [1.807, 2.05) is 0 Å². The zero-order valence-electron chi connectivity index (χ0n) is 19.4. The van der Waals surface area contributed by atoms with E-state index >= 15 is 0 Å². The lowest BCUT2D eigenvalue weighted by Gasteiger charge is -2.06. The molecule has 0 atom stereocenters. The van der Waals surface area contributed by atoms with Crippen molar-refractivity contribution in [3.05, 3.63) is 75.1 Å². The first-order valence-corrected chi connectivity index (χ1v) is 11.4. The predicted molar refractivity (Wildman–Crippen MR) is 132 cm³/mol. The number of carbonyl (C=O) groups excluding carboxylic acids is 3. The molecule has 2 N–H and O–H groups in total. The SMILES string of the molecule is COC(=O)c1ccc(C(=O)Nc2nc3ccc(NC(=O)Cn4nc(C)c([N+](=O)[O-])c4C)cc3s2)cc1. The van der Waals surface area contributed by atoms with Gasteiger partial charge in [-0.3, -0.25) is 29.7 Å². The number of aryl methyl sites for hydroxylation is 1. The highest BCUT2D eigenvalue weighted by atomic mass is 32.1. The largest absolute Gasteiger partial charge is 0.465 e. The van der Waals surface area contributed by atoms with Crippen LogP contribution in [-0.4, -0.2) is 44.6 Å². The van der Waals surface area contributed by atoms with Crippen molar-refractivity contribution in [2.45, 2.75) is 20.4 Å². The van der Waals surface area contributed by atoms with Gasteiger partial charge in [-0.25, -0.2) is 9.78 Å². The van der Waals surface area contributed by atoms with Crippen LogP contribution in [0.15, 0.2) is 42.5 Å². The molecule has 0 spiro atoms. The van der Waals surface area contributed by atoms with Crippen LogP contribution in [0, 0.1) is 24.0 Å². The molecule has 2 aromatic heterocycles. The Morgan fingerprint density at radius 3 is 2.42 bits per heavy atom. The number of fused-ring (bicyclic) bond motifs is 1. The van der Waals surface area contributed by atoms with E-state index in [1.54, 1.807) is 18.2 Å². The normalized spacial score (nSPS) is 10.8. The van der Waals surface area contributed by atoms with Crippen LogP contribution in [0.4, 0.5) is 16.5 Å². The first kappa shape index (κ1) is 24.5. The van der Waals surface area contributed by atoms with Crippen molar-refractivity contribution in [3.63, 3.8) is 0 Å². The highest BCUT2D eigenvalue weighted by molar-refractivity contribution is 7.22. The van der Waals surface area contributed by atoms with Crippen molar-refractivity contribution in [2.24, 2.45) is 0 Å².